The van der Waals surface area contributed by atoms with Crippen molar-refractivity contribution in [1.29, 1.82) is 0 Å². The molecule has 0 fully saturated rings. The first-order valence-electron chi connectivity index (χ1n) is 10.4. The van der Waals surface area contributed by atoms with Gasteiger partial charge < -0.3 is 0 Å². The minimum absolute atomic E-state index is 1.07. The van der Waals surface area contributed by atoms with E-state index < -0.39 is 18.4 Å². The molecular weight excluding hydrogens is 399 g/mol. The number of aromatic nitrogens is 2. The molecule has 0 aliphatic carbocycles. The fourth-order valence-electron chi connectivity index (χ4n) is 3.62. The van der Waals surface area contributed by atoms with Gasteiger partial charge in [0.1, 0.15) is 0 Å². The monoisotopic (exact) mass is 441 g/mol. The predicted molar refractivity (Wildman–Crippen MR) is 109 cm³/mol. The Hall–Kier alpha value is -0.251. The van der Waals surface area contributed by atoms with Gasteiger partial charge in [0.05, 0.1) is 0 Å². The molecule has 3 heteroatoms. The Balaban J connectivity index is 2.26. The molecule has 0 aliphatic rings. The van der Waals surface area contributed by atoms with E-state index in [1.807, 2.05) is 0 Å². The zero-order valence-electron chi connectivity index (χ0n) is 16.6. The van der Waals surface area contributed by atoms with Crippen LogP contribution in [0.5, 0.6) is 0 Å². The standard InChI is InChI=1S/C11H20N2.2C4H9.C2H3.Sn/c1-3-5-6-7-8-13-10-9-12(4-2)11-13;2*1-3-4-2;1-2;/h9-11H,1,3-8H2,2H3;2*1,3-4H2,2H3;1H,2H2;/q+1;;;;. The predicted octanol–water partition coefficient (Wildman–Crippen LogP) is 6.13. The molecule has 0 spiro atoms. The zero-order valence-corrected chi connectivity index (χ0v) is 19.5. The molecule has 0 amide bonds. The molecular formula is C21H41N2Sn+. The van der Waals surface area contributed by atoms with Gasteiger partial charge in [-0.25, -0.2) is 0 Å². The van der Waals surface area contributed by atoms with Crippen LogP contribution in [0.15, 0.2) is 29.4 Å². The van der Waals surface area contributed by atoms with E-state index >= 15 is 0 Å². The van der Waals surface area contributed by atoms with Gasteiger partial charge in [0, 0.05) is 0 Å². The van der Waals surface area contributed by atoms with Crippen LogP contribution in [0.4, 0.5) is 0 Å². The van der Waals surface area contributed by atoms with Crippen LogP contribution in [-0.4, -0.2) is 22.9 Å². The van der Waals surface area contributed by atoms with E-state index in [4.69, 9.17) is 0 Å². The number of nitrogens with zero attached hydrogens (tertiary/aromatic N) is 2. The second-order valence-electron chi connectivity index (χ2n) is 7.42. The van der Waals surface area contributed by atoms with Crippen LogP contribution < -0.4 is 4.57 Å². The number of aryl methyl sites for hydroxylation is 2. The third-order valence-electron chi connectivity index (χ3n) is 5.44. The van der Waals surface area contributed by atoms with Crippen LogP contribution in [0.3, 0.4) is 0 Å². The summed E-state index contributed by atoms with van der Waals surface area (Å²) in [5, 5.41) is 0. The van der Waals surface area contributed by atoms with Gasteiger partial charge in [0.25, 0.3) is 0 Å². The summed E-state index contributed by atoms with van der Waals surface area (Å²) in [6.45, 7) is 13.4. The molecule has 0 radical (unpaired) electrons. The molecule has 1 rings (SSSR count). The number of unbranched alkanes of at least 4 members (excludes halogenated alkanes) is 5. The minimum atomic E-state index is -2.00. The molecule has 0 atom stereocenters. The van der Waals surface area contributed by atoms with E-state index in [1.54, 1.807) is 13.3 Å². The third kappa shape index (κ3) is 8.22. The van der Waals surface area contributed by atoms with Gasteiger partial charge in [0.15, 0.2) is 0 Å². The van der Waals surface area contributed by atoms with E-state index in [1.165, 1.54) is 57.9 Å². The van der Waals surface area contributed by atoms with E-state index in [-0.39, 0.29) is 0 Å². The average Bonchev–Trinajstić information content (AvgIpc) is 3.08. The average molecular weight is 440 g/mol. The van der Waals surface area contributed by atoms with E-state index in [0.29, 0.717) is 0 Å². The van der Waals surface area contributed by atoms with Crippen LogP contribution in [0.25, 0.3) is 0 Å². The van der Waals surface area contributed by atoms with Crippen LogP contribution in [-0.2, 0) is 13.1 Å². The van der Waals surface area contributed by atoms with Gasteiger partial charge in [-0.05, 0) is 0 Å². The Kier molecular flexibility index (Phi) is 11.8. The maximum absolute atomic E-state index is 4.29. The summed E-state index contributed by atoms with van der Waals surface area (Å²) in [5.74, 6) is 0. The van der Waals surface area contributed by atoms with E-state index in [9.17, 15) is 0 Å². The molecule has 0 aromatic carbocycles. The Labute approximate surface area is 155 Å². The second-order valence-corrected chi connectivity index (χ2v) is 20.6. The van der Waals surface area contributed by atoms with Crippen molar-refractivity contribution >= 4 is 18.4 Å². The Morgan fingerprint density at radius 3 is 2.08 bits per heavy atom. The Bertz CT molecular complexity index is 431. The van der Waals surface area contributed by atoms with Crippen molar-refractivity contribution in [2.75, 3.05) is 0 Å². The first-order valence-corrected chi connectivity index (χ1v) is 18.1. The van der Waals surface area contributed by atoms with Crippen molar-refractivity contribution in [2.24, 2.45) is 0 Å². The SMILES string of the molecule is C=[CH][Sn]([CH2]CCC)([CH2]CCC)[CH2]CCCCC[n+]1ccn(CC)c1. The fourth-order valence-corrected chi connectivity index (χ4v) is 16.3. The van der Waals surface area contributed by atoms with Crippen molar-refractivity contribution < 1.29 is 4.57 Å². The van der Waals surface area contributed by atoms with Crippen molar-refractivity contribution in [2.45, 2.75) is 98.5 Å². The summed E-state index contributed by atoms with van der Waals surface area (Å²) in [5.41, 5.74) is 0. The summed E-state index contributed by atoms with van der Waals surface area (Å²) >= 11 is -2.00. The molecule has 0 saturated heterocycles. The summed E-state index contributed by atoms with van der Waals surface area (Å²) in [6, 6.07) is 0. The van der Waals surface area contributed by atoms with Crippen LogP contribution in [0.1, 0.15) is 72.1 Å². The van der Waals surface area contributed by atoms with Crippen molar-refractivity contribution in [3.05, 3.63) is 29.4 Å². The summed E-state index contributed by atoms with van der Waals surface area (Å²) in [6.07, 6.45) is 17.8. The first-order chi connectivity index (χ1) is 11.7. The molecule has 24 heavy (non-hydrogen) atoms. The van der Waals surface area contributed by atoms with Crippen LogP contribution >= 0.6 is 0 Å². The van der Waals surface area contributed by atoms with Crippen molar-refractivity contribution in [3.63, 3.8) is 0 Å². The second kappa shape index (κ2) is 13.0. The number of hydrogen-bond donors (Lipinski definition) is 0. The van der Waals surface area contributed by atoms with E-state index in [2.05, 4.69) is 59.3 Å². The van der Waals surface area contributed by atoms with Gasteiger partial charge in [-0.15, -0.1) is 0 Å². The zero-order chi connectivity index (χ0) is 17.7. The molecule has 0 unspecified atom stereocenters. The van der Waals surface area contributed by atoms with E-state index in [0.717, 1.165) is 6.54 Å². The summed E-state index contributed by atoms with van der Waals surface area (Å²) < 4.78 is 11.7. The molecule has 1 aromatic heterocycles. The van der Waals surface area contributed by atoms with Gasteiger partial charge in [-0.1, -0.05) is 0 Å². The fraction of sp³-hybridized carbons (Fsp3) is 0.762. The quantitative estimate of drug-likeness (QED) is 0.176. The number of hydrogen-bond acceptors (Lipinski definition) is 0. The van der Waals surface area contributed by atoms with Gasteiger partial charge in [-0.3, -0.25) is 0 Å². The van der Waals surface area contributed by atoms with Crippen LogP contribution in [0, 0.1) is 0 Å². The molecule has 1 heterocycles. The normalized spacial score (nSPS) is 11.8. The molecule has 0 aliphatic heterocycles. The molecule has 0 N–H and O–H groups in total. The molecule has 0 saturated carbocycles. The molecule has 138 valence electrons. The summed E-state index contributed by atoms with van der Waals surface area (Å²) in [7, 11) is 0. The Morgan fingerprint density at radius 1 is 0.917 bits per heavy atom. The maximum atomic E-state index is 4.29. The van der Waals surface area contributed by atoms with Gasteiger partial charge in [-0.2, -0.15) is 0 Å². The number of rotatable bonds is 15. The third-order valence-corrected chi connectivity index (χ3v) is 19.5. The molecule has 1 aromatic rings. The Morgan fingerprint density at radius 2 is 1.54 bits per heavy atom. The summed E-state index contributed by atoms with van der Waals surface area (Å²) in [4.78, 5) is 0. The topological polar surface area (TPSA) is 8.81 Å². The number of imidazole rings is 1. The molecule has 0 bridgehead atoms. The van der Waals surface area contributed by atoms with Crippen molar-refractivity contribution in [1.82, 2.24) is 4.57 Å². The van der Waals surface area contributed by atoms with Crippen molar-refractivity contribution in [3.8, 4) is 0 Å². The van der Waals surface area contributed by atoms with Gasteiger partial charge >= 0.3 is 155 Å². The van der Waals surface area contributed by atoms with Crippen LogP contribution in [0.2, 0.25) is 13.3 Å². The first kappa shape index (κ1) is 21.8. The molecule has 2 nitrogen and oxygen atoms in total. The van der Waals surface area contributed by atoms with Gasteiger partial charge in [0.2, 0.25) is 0 Å².